The van der Waals surface area contributed by atoms with E-state index in [4.69, 9.17) is 4.52 Å². The van der Waals surface area contributed by atoms with Crippen LogP contribution in [0.5, 0.6) is 0 Å². The number of hydrogen-bond donors (Lipinski definition) is 1. The van der Waals surface area contributed by atoms with Crippen molar-refractivity contribution in [1.29, 1.82) is 0 Å². The number of rotatable bonds is 7. The number of nitrogens with one attached hydrogen (secondary N) is 1. The molecule has 0 aliphatic rings. The van der Waals surface area contributed by atoms with E-state index in [2.05, 4.69) is 33.9 Å². The molecule has 0 spiro atoms. The van der Waals surface area contributed by atoms with E-state index in [0.717, 1.165) is 39.9 Å². The van der Waals surface area contributed by atoms with Gasteiger partial charge in [-0.25, -0.2) is 0 Å². The summed E-state index contributed by atoms with van der Waals surface area (Å²) < 4.78 is 21.9. The van der Waals surface area contributed by atoms with Gasteiger partial charge in [0.05, 0.1) is 6.04 Å². The van der Waals surface area contributed by atoms with Gasteiger partial charge in [0.15, 0.2) is 5.58 Å². The molecule has 32 heavy (non-hydrogen) atoms. The average molecular weight is 448 g/mol. The van der Waals surface area contributed by atoms with E-state index in [9.17, 15) is 4.55 Å². The molecule has 0 aliphatic carbocycles. The number of pyridine rings is 1. The minimum atomic E-state index is -1.27. The zero-order valence-corrected chi connectivity index (χ0v) is 19.7. The molecule has 0 amide bonds. The second-order valence-corrected chi connectivity index (χ2v) is 10.9. The first-order valence-corrected chi connectivity index (χ1v) is 12.1. The van der Waals surface area contributed by atoms with Crippen LogP contribution in [0.3, 0.4) is 0 Å². The Hall–Kier alpha value is -2.67. The maximum absolute atomic E-state index is 13.3. The van der Waals surface area contributed by atoms with Gasteiger partial charge in [-0.05, 0) is 57.0 Å². The number of benzene rings is 2. The Morgan fingerprint density at radius 3 is 2.44 bits per heavy atom. The molecule has 2 unspecified atom stereocenters. The molecule has 5 nitrogen and oxygen atoms in total. The SMILES string of the molecule is CC[C@H](c1ccccn1)C(N[S+]([O-])C(C)(C)C)c1ccccc1-c1noc2ccccc12. The van der Waals surface area contributed by atoms with E-state index < -0.39 is 16.1 Å². The lowest BCUT2D eigenvalue weighted by Crippen LogP contribution is -2.43. The molecule has 0 saturated carbocycles. The average Bonchev–Trinajstić information content (AvgIpc) is 3.23. The molecule has 0 aliphatic heterocycles. The van der Waals surface area contributed by atoms with Gasteiger partial charge in [-0.3, -0.25) is 4.98 Å². The molecule has 3 atom stereocenters. The third-order valence-corrected chi connectivity index (χ3v) is 7.21. The van der Waals surface area contributed by atoms with Gasteiger partial charge >= 0.3 is 0 Å². The van der Waals surface area contributed by atoms with Crippen LogP contribution >= 0.6 is 0 Å². The molecule has 4 aromatic rings. The molecule has 1 N–H and O–H groups in total. The van der Waals surface area contributed by atoms with Crippen molar-refractivity contribution in [1.82, 2.24) is 14.9 Å². The number of para-hydroxylation sites is 1. The van der Waals surface area contributed by atoms with Gasteiger partial charge in [0.1, 0.15) is 10.4 Å². The summed E-state index contributed by atoms with van der Waals surface area (Å²) in [4.78, 5) is 4.64. The molecular formula is C26H29N3O2S. The van der Waals surface area contributed by atoms with Crippen LogP contribution in [-0.2, 0) is 11.4 Å². The Bertz CT molecular complexity index is 1170. The molecule has 0 bridgehead atoms. The van der Waals surface area contributed by atoms with Crippen LogP contribution < -0.4 is 4.72 Å². The van der Waals surface area contributed by atoms with E-state index in [1.165, 1.54) is 0 Å². The van der Waals surface area contributed by atoms with E-state index >= 15 is 0 Å². The Labute approximate surface area is 192 Å². The van der Waals surface area contributed by atoms with Crippen LogP contribution in [0.25, 0.3) is 22.2 Å². The van der Waals surface area contributed by atoms with E-state index in [1.54, 1.807) is 0 Å². The number of aromatic nitrogens is 2. The Morgan fingerprint density at radius 1 is 1.00 bits per heavy atom. The predicted octanol–water partition coefficient (Wildman–Crippen LogP) is 6.18. The summed E-state index contributed by atoms with van der Waals surface area (Å²) in [6, 6.07) is 21.8. The van der Waals surface area contributed by atoms with Crippen molar-refractivity contribution in [3.63, 3.8) is 0 Å². The van der Waals surface area contributed by atoms with Crippen LogP contribution in [0, 0.1) is 0 Å². The fraction of sp³-hybridized carbons (Fsp3) is 0.308. The van der Waals surface area contributed by atoms with Crippen LogP contribution in [-0.4, -0.2) is 19.4 Å². The summed E-state index contributed by atoms with van der Waals surface area (Å²) in [5, 5.41) is 5.36. The summed E-state index contributed by atoms with van der Waals surface area (Å²) in [6.07, 6.45) is 2.65. The molecule has 4 rings (SSSR count). The summed E-state index contributed by atoms with van der Waals surface area (Å²) in [6.45, 7) is 8.08. The van der Waals surface area contributed by atoms with Crippen molar-refractivity contribution in [2.24, 2.45) is 0 Å². The van der Waals surface area contributed by atoms with Crippen LogP contribution in [0.2, 0.25) is 0 Å². The van der Waals surface area contributed by atoms with Crippen molar-refractivity contribution in [2.45, 2.75) is 50.8 Å². The monoisotopic (exact) mass is 447 g/mol. The van der Waals surface area contributed by atoms with Crippen molar-refractivity contribution >= 4 is 22.3 Å². The maximum atomic E-state index is 13.3. The molecule has 6 heteroatoms. The lowest BCUT2D eigenvalue weighted by molar-refractivity contribution is 0.456. The normalized spacial score (nSPS) is 14.9. The molecule has 0 saturated heterocycles. The number of nitrogens with zero attached hydrogens (tertiary/aromatic N) is 2. The maximum Gasteiger partial charge on any atom is 0.167 e. The van der Waals surface area contributed by atoms with Gasteiger partial charge in [-0.15, -0.1) is 4.72 Å². The van der Waals surface area contributed by atoms with Crippen molar-refractivity contribution in [2.75, 3.05) is 0 Å². The van der Waals surface area contributed by atoms with Gasteiger partial charge in [0.25, 0.3) is 0 Å². The first-order chi connectivity index (χ1) is 15.4. The fourth-order valence-electron chi connectivity index (χ4n) is 3.93. The third kappa shape index (κ3) is 4.58. The van der Waals surface area contributed by atoms with Crippen molar-refractivity contribution < 1.29 is 9.08 Å². The minimum absolute atomic E-state index is 0.0295. The van der Waals surface area contributed by atoms with Crippen molar-refractivity contribution in [3.8, 4) is 11.3 Å². The third-order valence-electron chi connectivity index (χ3n) is 5.63. The molecule has 2 aromatic carbocycles. The van der Waals surface area contributed by atoms with Crippen LogP contribution in [0.1, 0.15) is 57.3 Å². The van der Waals surface area contributed by atoms with Gasteiger partial charge in [0.2, 0.25) is 0 Å². The predicted molar refractivity (Wildman–Crippen MR) is 130 cm³/mol. The minimum Gasteiger partial charge on any atom is -0.598 e. The highest BCUT2D eigenvalue weighted by Gasteiger charge is 2.35. The molecular weight excluding hydrogens is 418 g/mol. The second kappa shape index (κ2) is 9.45. The highest BCUT2D eigenvalue weighted by atomic mass is 32.2. The summed E-state index contributed by atoms with van der Waals surface area (Å²) >= 11 is -1.27. The quantitative estimate of drug-likeness (QED) is 0.343. The van der Waals surface area contributed by atoms with Gasteiger partial charge < -0.3 is 9.08 Å². The smallest absolute Gasteiger partial charge is 0.167 e. The van der Waals surface area contributed by atoms with E-state index in [1.807, 2.05) is 81.6 Å². The molecule has 166 valence electrons. The summed E-state index contributed by atoms with van der Waals surface area (Å²) in [5.41, 5.74) is 4.51. The molecule has 0 radical (unpaired) electrons. The highest BCUT2D eigenvalue weighted by molar-refractivity contribution is 7.90. The summed E-state index contributed by atoms with van der Waals surface area (Å²) in [5.74, 6) is 0.0295. The van der Waals surface area contributed by atoms with Gasteiger partial charge in [-0.2, -0.15) is 0 Å². The zero-order chi connectivity index (χ0) is 22.7. The fourth-order valence-corrected chi connectivity index (χ4v) is 4.80. The highest BCUT2D eigenvalue weighted by Crippen LogP contribution is 2.40. The first kappa shape index (κ1) is 22.5. The number of fused-ring (bicyclic) bond motifs is 1. The van der Waals surface area contributed by atoms with Crippen LogP contribution in [0.15, 0.2) is 77.4 Å². The van der Waals surface area contributed by atoms with E-state index in [-0.39, 0.29) is 12.0 Å². The lowest BCUT2D eigenvalue weighted by Gasteiger charge is -2.32. The largest absolute Gasteiger partial charge is 0.598 e. The summed E-state index contributed by atoms with van der Waals surface area (Å²) in [7, 11) is 0. The standard InChI is InChI=1S/C26H29N3O2S/c1-5-18(22-15-10-11-17-27-22)25(29-32(30)26(2,3)4)20-13-7-6-12-19(20)24-21-14-8-9-16-23(21)31-28-24/h6-18,25,29H,5H2,1-4H3/t18-,25?,32?/m1/s1. The molecule has 2 aromatic heterocycles. The van der Waals surface area contributed by atoms with Crippen LogP contribution in [0.4, 0.5) is 0 Å². The van der Waals surface area contributed by atoms with Gasteiger partial charge in [0, 0.05) is 40.1 Å². The van der Waals surface area contributed by atoms with Gasteiger partial charge in [-0.1, -0.05) is 54.5 Å². The number of hydrogen-bond acceptors (Lipinski definition) is 5. The zero-order valence-electron chi connectivity index (χ0n) is 18.9. The Morgan fingerprint density at radius 2 is 1.72 bits per heavy atom. The molecule has 2 heterocycles. The van der Waals surface area contributed by atoms with Crippen molar-refractivity contribution in [3.05, 3.63) is 84.2 Å². The first-order valence-electron chi connectivity index (χ1n) is 10.9. The molecule has 0 fully saturated rings. The second-order valence-electron chi connectivity index (χ2n) is 8.86. The van der Waals surface area contributed by atoms with E-state index in [0.29, 0.717) is 0 Å². The Balaban J connectivity index is 1.87. The topological polar surface area (TPSA) is 74.0 Å². The Kier molecular flexibility index (Phi) is 6.65. The lowest BCUT2D eigenvalue weighted by atomic mass is 9.85.